The van der Waals surface area contributed by atoms with Crippen molar-refractivity contribution in [2.24, 2.45) is 0 Å². The molecule has 17 heavy (non-hydrogen) atoms. The Morgan fingerprint density at radius 1 is 1.35 bits per heavy atom. The number of halogens is 1. The molecule has 1 unspecified atom stereocenters. The maximum absolute atomic E-state index is 13.5. The van der Waals surface area contributed by atoms with Crippen molar-refractivity contribution in [1.82, 2.24) is 5.32 Å². The molecule has 2 aliphatic rings. The number of aliphatic hydroxyl groups is 1. The second kappa shape index (κ2) is 3.96. The van der Waals surface area contributed by atoms with Crippen LogP contribution in [-0.2, 0) is 6.42 Å². The van der Waals surface area contributed by atoms with Crippen molar-refractivity contribution in [2.45, 2.75) is 31.0 Å². The van der Waals surface area contributed by atoms with Gasteiger partial charge in [0.2, 0.25) is 0 Å². The zero-order chi connectivity index (χ0) is 11.9. The third-order valence-electron chi connectivity index (χ3n) is 3.78. The van der Waals surface area contributed by atoms with Crippen LogP contribution in [0.15, 0.2) is 18.2 Å². The van der Waals surface area contributed by atoms with Crippen molar-refractivity contribution in [3.05, 3.63) is 29.6 Å². The van der Waals surface area contributed by atoms with Crippen LogP contribution >= 0.6 is 0 Å². The summed E-state index contributed by atoms with van der Waals surface area (Å²) in [7, 11) is 0. The Bertz CT molecular complexity index is 429. The topological polar surface area (TPSA) is 41.5 Å². The van der Waals surface area contributed by atoms with Gasteiger partial charge in [-0.2, -0.15) is 0 Å². The van der Waals surface area contributed by atoms with Crippen LogP contribution in [-0.4, -0.2) is 29.9 Å². The van der Waals surface area contributed by atoms with E-state index in [0.29, 0.717) is 25.0 Å². The van der Waals surface area contributed by atoms with E-state index >= 15 is 0 Å². The van der Waals surface area contributed by atoms with Crippen LogP contribution in [0.5, 0.6) is 5.75 Å². The quantitative estimate of drug-likeness (QED) is 0.772. The summed E-state index contributed by atoms with van der Waals surface area (Å²) in [6.45, 7) is 1.57. The Labute approximate surface area is 99.6 Å². The summed E-state index contributed by atoms with van der Waals surface area (Å²) in [5.74, 6) is -0.00741. The van der Waals surface area contributed by atoms with Gasteiger partial charge in [-0.15, -0.1) is 0 Å². The molecule has 0 saturated carbocycles. The fourth-order valence-electron chi connectivity index (χ4n) is 2.71. The number of rotatable bonds is 1. The molecule has 2 aliphatic heterocycles. The van der Waals surface area contributed by atoms with Crippen LogP contribution in [0, 0.1) is 5.82 Å². The number of para-hydroxylation sites is 1. The average Bonchev–Trinajstić information content (AvgIpc) is 2.76. The summed E-state index contributed by atoms with van der Waals surface area (Å²) >= 11 is 0. The van der Waals surface area contributed by atoms with Crippen molar-refractivity contribution < 1.29 is 14.2 Å². The molecule has 0 bridgehead atoms. The van der Waals surface area contributed by atoms with E-state index < -0.39 is 5.60 Å². The zero-order valence-corrected chi connectivity index (χ0v) is 9.58. The van der Waals surface area contributed by atoms with Gasteiger partial charge in [-0.25, -0.2) is 4.39 Å². The fraction of sp³-hybridized carbons (Fsp3) is 0.538. The number of hydrogen-bond donors (Lipinski definition) is 2. The Morgan fingerprint density at radius 3 is 2.82 bits per heavy atom. The predicted octanol–water partition coefficient (Wildman–Crippen LogP) is 1.24. The van der Waals surface area contributed by atoms with Crippen molar-refractivity contribution in [2.75, 3.05) is 13.1 Å². The summed E-state index contributed by atoms with van der Waals surface area (Å²) in [6, 6.07) is 4.95. The lowest BCUT2D eigenvalue weighted by Crippen LogP contribution is -2.52. The van der Waals surface area contributed by atoms with Gasteiger partial charge >= 0.3 is 0 Å². The molecule has 1 fully saturated rings. The van der Waals surface area contributed by atoms with Crippen LogP contribution in [0.3, 0.4) is 0 Å². The first-order valence-electron chi connectivity index (χ1n) is 6.06. The highest BCUT2D eigenvalue weighted by molar-refractivity contribution is 5.39. The van der Waals surface area contributed by atoms with E-state index in [1.54, 1.807) is 6.07 Å². The molecule has 4 heteroatoms. The van der Waals surface area contributed by atoms with Gasteiger partial charge in [-0.05, 0) is 32.0 Å². The van der Waals surface area contributed by atoms with Gasteiger partial charge in [-0.3, -0.25) is 0 Å². The summed E-state index contributed by atoms with van der Waals surface area (Å²) in [6.07, 6.45) is 1.61. The first-order valence-corrected chi connectivity index (χ1v) is 6.06. The Balaban J connectivity index is 1.83. The molecule has 2 N–H and O–H groups in total. The van der Waals surface area contributed by atoms with Gasteiger partial charge in [0.1, 0.15) is 11.7 Å². The van der Waals surface area contributed by atoms with Crippen LogP contribution < -0.4 is 10.1 Å². The second-order valence-corrected chi connectivity index (χ2v) is 4.89. The largest absolute Gasteiger partial charge is 0.484 e. The van der Waals surface area contributed by atoms with E-state index in [1.165, 1.54) is 6.07 Å². The zero-order valence-electron chi connectivity index (χ0n) is 9.58. The van der Waals surface area contributed by atoms with Crippen molar-refractivity contribution in [1.29, 1.82) is 0 Å². The van der Waals surface area contributed by atoms with Crippen LogP contribution in [0.2, 0.25) is 0 Å². The SMILES string of the molecule is OC1(C2Cc3cccc(F)c3O2)CCNCC1. The molecule has 0 amide bonds. The molecule has 0 spiro atoms. The summed E-state index contributed by atoms with van der Waals surface area (Å²) in [5.41, 5.74) is 0.0402. The predicted molar refractivity (Wildman–Crippen MR) is 61.6 cm³/mol. The molecule has 92 valence electrons. The average molecular weight is 237 g/mol. The minimum Gasteiger partial charge on any atom is -0.484 e. The minimum absolute atomic E-state index is 0.309. The summed E-state index contributed by atoms with van der Waals surface area (Å²) in [5, 5.41) is 13.8. The number of piperidine rings is 1. The molecule has 0 aliphatic carbocycles. The summed E-state index contributed by atoms with van der Waals surface area (Å²) < 4.78 is 19.2. The second-order valence-electron chi connectivity index (χ2n) is 4.89. The molecular weight excluding hydrogens is 221 g/mol. The minimum atomic E-state index is -0.823. The van der Waals surface area contributed by atoms with Crippen LogP contribution in [0.1, 0.15) is 18.4 Å². The lowest BCUT2D eigenvalue weighted by Gasteiger charge is -2.36. The smallest absolute Gasteiger partial charge is 0.165 e. The van der Waals surface area contributed by atoms with Crippen LogP contribution in [0.4, 0.5) is 4.39 Å². The van der Waals surface area contributed by atoms with Gasteiger partial charge in [0.15, 0.2) is 11.6 Å². The molecule has 3 nitrogen and oxygen atoms in total. The molecule has 0 radical (unpaired) electrons. The van der Waals surface area contributed by atoms with Crippen molar-refractivity contribution >= 4 is 0 Å². The maximum atomic E-state index is 13.5. The van der Waals surface area contributed by atoms with Gasteiger partial charge in [-0.1, -0.05) is 12.1 Å². The molecule has 1 aromatic carbocycles. The molecular formula is C13H16FNO2. The van der Waals surface area contributed by atoms with Gasteiger partial charge < -0.3 is 15.2 Å². The Morgan fingerprint density at radius 2 is 2.12 bits per heavy atom. The number of benzene rings is 1. The van der Waals surface area contributed by atoms with Crippen molar-refractivity contribution in [3.8, 4) is 5.75 Å². The maximum Gasteiger partial charge on any atom is 0.165 e. The third-order valence-corrected chi connectivity index (χ3v) is 3.78. The standard InChI is InChI=1S/C13H16FNO2/c14-10-3-1-2-9-8-11(17-12(9)10)13(16)4-6-15-7-5-13/h1-3,11,15-16H,4-8H2. The summed E-state index contributed by atoms with van der Waals surface area (Å²) in [4.78, 5) is 0. The van der Waals surface area contributed by atoms with E-state index in [0.717, 1.165) is 18.7 Å². The number of fused-ring (bicyclic) bond motifs is 1. The molecule has 3 rings (SSSR count). The molecule has 1 aromatic rings. The van der Waals surface area contributed by atoms with Crippen LogP contribution in [0.25, 0.3) is 0 Å². The van der Waals surface area contributed by atoms with Gasteiger partial charge in [0, 0.05) is 12.0 Å². The lowest BCUT2D eigenvalue weighted by atomic mass is 9.85. The first kappa shape index (κ1) is 11.0. The monoisotopic (exact) mass is 237 g/mol. The first-order chi connectivity index (χ1) is 8.19. The van der Waals surface area contributed by atoms with E-state index in [9.17, 15) is 9.50 Å². The van der Waals surface area contributed by atoms with Crippen molar-refractivity contribution in [3.63, 3.8) is 0 Å². The molecule has 1 atom stereocenters. The van der Waals surface area contributed by atoms with Gasteiger partial charge in [0.25, 0.3) is 0 Å². The number of ether oxygens (including phenoxy) is 1. The third kappa shape index (κ3) is 1.81. The number of hydrogen-bond acceptors (Lipinski definition) is 3. The Kier molecular flexibility index (Phi) is 2.56. The molecule has 2 heterocycles. The van der Waals surface area contributed by atoms with E-state index in [2.05, 4.69) is 5.32 Å². The highest BCUT2D eigenvalue weighted by atomic mass is 19.1. The molecule has 1 saturated heterocycles. The fourth-order valence-corrected chi connectivity index (χ4v) is 2.71. The van der Waals surface area contributed by atoms with E-state index in [4.69, 9.17) is 4.74 Å². The van der Waals surface area contributed by atoms with E-state index in [-0.39, 0.29) is 11.9 Å². The Hall–Kier alpha value is -1.13. The van der Waals surface area contributed by atoms with E-state index in [1.807, 2.05) is 6.07 Å². The normalized spacial score (nSPS) is 26.4. The lowest BCUT2D eigenvalue weighted by molar-refractivity contribution is -0.0731. The molecule has 0 aromatic heterocycles. The highest BCUT2D eigenvalue weighted by Gasteiger charge is 2.43. The highest BCUT2D eigenvalue weighted by Crippen LogP contribution is 2.37. The number of nitrogens with one attached hydrogen (secondary N) is 1. The van der Waals surface area contributed by atoms with Gasteiger partial charge in [0.05, 0.1) is 0 Å².